The first-order chi connectivity index (χ1) is 14.8. The SMILES string of the molecule is O=C(c1ccccc1Cl)N(Cc1ccccc1Cl)N1C(=O)[C@H]2C[C@@H](Br)[C@@H](Br)C[C@H]2C1=O. The van der Waals surface area contributed by atoms with Crippen LogP contribution in [-0.4, -0.2) is 37.4 Å². The first-order valence-corrected chi connectivity index (χ1v) is 12.3. The Bertz CT molecular complexity index is 1020. The first-order valence-electron chi connectivity index (χ1n) is 9.75. The van der Waals surface area contributed by atoms with Crippen LogP contribution < -0.4 is 0 Å². The molecule has 0 radical (unpaired) electrons. The van der Waals surface area contributed by atoms with E-state index in [9.17, 15) is 14.4 Å². The molecule has 4 rings (SSSR count). The van der Waals surface area contributed by atoms with Gasteiger partial charge < -0.3 is 0 Å². The summed E-state index contributed by atoms with van der Waals surface area (Å²) in [5, 5.41) is 2.87. The Morgan fingerprint density at radius 3 is 1.97 bits per heavy atom. The van der Waals surface area contributed by atoms with Crippen LogP contribution in [-0.2, 0) is 16.1 Å². The molecule has 0 unspecified atom stereocenters. The number of imide groups is 1. The molecule has 31 heavy (non-hydrogen) atoms. The fourth-order valence-corrected chi connectivity index (χ4v) is 5.76. The summed E-state index contributed by atoms with van der Waals surface area (Å²) in [5.41, 5.74) is 0.834. The Balaban J connectivity index is 1.74. The van der Waals surface area contributed by atoms with E-state index in [0.717, 1.165) is 5.01 Å². The lowest BCUT2D eigenvalue weighted by atomic mass is 9.81. The van der Waals surface area contributed by atoms with E-state index >= 15 is 0 Å². The van der Waals surface area contributed by atoms with E-state index in [4.69, 9.17) is 23.2 Å². The standard InChI is InChI=1S/C22H18Br2Cl2N2O3/c23-16-9-14-15(10-17(16)24)22(31)28(21(14)30)27(11-12-5-1-3-7-18(12)25)20(29)13-6-2-4-8-19(13)26/h1-8,14-17H,9-11H2/t14-,15+,16+,17-. The average molecular weight is 589 g/mol. The molecule has 1 saturated carbocycles. The van der Waals surface area contributed by atoms with Crippen LogP contribution in [0.15, 0.2) is 48.5 Å². The van der Waals surface area contributed by atoms with Crippen LogP contribution in [0.5, 0.6) is 0 Å². The van der Waals surface area contributed by atoms with Gasteiger partial charge in [0.2, 0.25) is 0 Å². The van der Waals surface area contributed by atoms with Crippen molar-refractivity contribution in [3.05, 3.63) is 69.7 Å². The van der Waals surface area contributed by atoms with Crippen molar-refractivity contribution >= 4 is 72.8 Å². The topological polar surface area (TPSA) is 57.7 Å². The third kappa shape index (κ3) is 4.30. The molecule has 2 aromatic carbocycles. The van der Waals surface area contributed by atoms with Crippen LogP contribution in [0.3, 0.4) is 0 Å². The third-order valence-corrected chi connectivity index (χ3v) is 9.18. The molecule has 162 valence electrons. The number of hydrogen-bond acceptors (Lipinski definition) is 3. The number of amides is 3. The minimum absolute atomic E-state index is 0.0316. The molecular formula is C22H18Br2Cl2N2O3. The van der Waals surface area contributed by atoms with Gasteiger partial charge in [-0.3, -0.25) is 14.4 Å². The molecule has 5 nitrogen and oxygen atoms in total. The van der Waals surface area contributed by atoms with Crippen LogP contribution in [0.2, 0.25) is 10.0 Å². The van der Waals surface area contributed by atoms with Gasteiger partial charge in [-0.1, -0.05) is 85.4 Å². The van der Waals surface area contributed by atoms with Crippen molar-refractivity contribution in [3.8, 4) is 0 Å². The van der Waals surface area contributed by atoms with Crippen molar-refractivity contribution in [2.24, 2.45) is 11.8 Å². The summed E-state index contributed by atoms with van der Waals surface area (Å²) in [6.45, 7) is -0.0316. The highest BCUT2D eigenvalue weighted by molar-refractivity contribution is 9.12. The maximum absolute atomic E-state index is 13.5. The van der Waals surface area contributed by atoms with Crippen LogP contribution >= 0.6 is 55.1 Å². The number of carbonyl (C=O) groups excluding carboxylic acids is 3. The maximum Gasteiger partial charge on any atom is 0.274 e. The number of carbonyl (C=O) groups is 3. The van der Waals surface area contributed by atoms with Crippen molar-refractivity contribution < 1.29 is 14.4 Å². The van der Waals surface area contributed by atoms with Gasteiger partial charge in [0.05, 0.1) is 29.0 Å². The fourth-order valence-electron chi connectivity index (χ4n) is 4.11. The molecule has 4 atom stereocenters. The van der Waals surface area contributed by atoms with Gasteiger partial charge in [-0.2, -0.15) is 5.01 Å². The molecule has 0 bridgehead atoms. The zero-order valence-electron chi connectivity index (χ0n) is 16.2. The number of benzene rings is 2. The van der Waals surface area contributed by atoms with E-state index < -0.39 is 17.7 Å². The summed E-state index contributed by atoms with van der Waals surface area (Å²) in [6, 6.07) is 13.6. The number of fused-ring (bicyclic) bond motifs is 1. The Morgan fingerprint density at radius 2 is 1.42 bits per heavy atom. The summed E-state index contributed by atoms with van der Waals surface area (Å²) < 4.78 is 0. The molecule has 2 aliphatic rings. The van der Waals surface area contributed by atoms with Crippen LogP contribution in [0, 0.1) is 11.8 Å². The fraction of sp³-hybridized carbons (Fsp3) is 0.318. The largest absolute Gasteiger partial charge is 0.274 e. The van der Waals surface area contributed by atoms with Crippen LogP contribution in [0.25, 0.3) is 0 Å². The van der Waals surface area contributed by atoms with Crippen molar-refractivity contribution in [1.29, 1.82) is 0 Å². The second-order valence-corrected chi connectivity index (χ2v) is 10.8. The molecule has 0 aromatic heterocycles. The Hall–Kier alpha value is -1.41. The van der Waals surface area contributed by atoms with Gasteiger partial charge in [0.25, 0.3) is 17.7 Å². The molecule has 1 aliphatic heterocycles. The Kier molecular flexibility index (Phi) is 6.77. The quantitative estimate of drug-likeness (QED) is 0.351. The van der Waals surface area contributed by atoms with E-state index in [0.29, 0.717) is 23.4 Å². The monoisotopic (exact) mass is 586 g/mol. The maximum atomic E-state index is 13.5. The predicted octanol–water partition coefficient (Wildman–Crippen LogP) is 5.47. The van der Waals surface area contributed by atoms with E-state index in [1.165, 1.54) is 5.01 Å². The van der Waals surface area contributed by atoms with Gasteiger partial charge in [0, 0.05) is 14.7 Å². The molecule has 2 fully saturated rings. The van der Waals surface area contributed by atoms with Crippen molar-refractivity contribution in [3.63, 3.8) is 0 Å². The minimum atomic E-state index is -0.531. The minimum Gasteiger partial charge on any atom is -0.272 e. The van der Waals surface area contributed by atoms with E-state index in [1.54, 1.807) is 48.5 Å². The summed E-state index contributed by atoms with van der Waals surface area (Å²) >= 11 is 19.8. The molecule has 0 N–H and O–H groups in total. The van der Waals surface area contributed by atoms with Crippen molar-refractivity contribution in [2.45, 2.75) is 29.0 Å². The number of hydrazine groups is 1. The highest BCUT2D eigenvalue weighted by Crippen LogP contribution is 2.44. The van der Waals surface area contributed by atoms with Crippen molar-refractivity contribution in [2.75, 3.05) is 0 Å². The molecule has 3 amide bonds. The summed E-state index contributed by atoms with van der Waals surface area (Å²) in [5.74, 6) is -2.22. The highest BCUT2D eigenvalue weighted by Gasteiger charge is 2.54. The Morgan fingerprint density at radius 1 is 0.903 bits per heavy atom. The predicted molar refractivity (Wildman–Crippen MR) is 126 cm³/mol. The number of rotatable bonds is 4. The van der Waals surface area contributed by atoms with Crippen LogP contribution in [0.1, 0.15) is 28.8 Å². The highest BCUT2D eigenvalue weighted by atomic mass is 79.9. The van der Waals surface area contributed by atoms with Gasteiger partial charge >= 0.3 is 0 Å². The molecule has 1 saturated heterocycles. The van der Waals surface area contributed by atoms with Gasteiger partial charge in [-0.05, 0) is 36.6 Å². The number of nitrogens with zero attached hydrogens (tertiary/aromatic N) is 2. The van der Waals surface area contributed by atoms with Gasteiger partial charge in [-0.25, -0.2) is 5.01 Å². The number of halogens is 4. The molecule has 1 heterocycles. The third-order valence-electron chi connectivity index (χ3n) is 5.75. The van der Waals surface area contributed by atoms with E-state index in [-0.39, 0.29) is 38.6 Å². The Labute approximate surface area is 206 Å². The molecule has 1 aliphatic carbocycles. The molecule has 9 heteroatoms. The van der Waals surface area contributed by atoms with E-state index in [1.807, 2.05) is 0 Å². The second-order valence-electron chi connectivity index (χ2n) is 7.64. The summed E-state index contributed by atoms with van der Waals surface area (Å²) in [4.78, 5) is 40.4. The molecule has 0 spiro atoms. The first kappa shape index (κ1) is 22.8. The zero-order valence-corrected chi connectivity index (χ0v) is 20.9. The molecule has 2 aromatic rings. The lowest BCUT2D eigenvalue weighted by molar-refractivity contribution is -0.155. The zero-order chi connectivity index (χ0) is 22.3. The van der Waals surface area contributed by atoms with Crippen LogP contribution in [0.4, 0.5) is 0 Å². The lowest BCUT2D eigenvalue weighted by Crippen LogP contribution is -2.50. The molecular weight excluding hydrogens is 571 g/mol. The number of alkyl halides is 2. The average Bonchev–Trinajstić information content (AvgIpc) is 2.97. The normalized spacial score (nSPS) is 25.5. The smallest absolute Gasteiger partial charge is 0.272 e. The second kappa shape index (κ2) is 9.22. The van der Waals surface area contributed by atoms with Gasteiger partial charge in [0.1, 0.15) is 0 Å². The summed E-state index contributed by atoms with van der Waals surface area (Å²) in [6.07, 6.45) is 1.03. The summed E-state index contributed by atoms with van der Waals surface area (Å²) in [7, 11) is 0. The lowest BCUT2D eigenvalue weighted by Gasteiger charge is -2.31. The van der Waals surface area contributed by atoms with Gasteiger partial charge in [-0.15, -0.1) is 0 Å². The van der Waals surface area contributed by atoms with Crippen molar-refractivity contribution in [1.82, 2.24) is 10.0 Å². The number of hydrogen-bond donors (Lipinski definition) is 0. The van der Waals surface area contributed by atoms with E-state index in [2.05, 4.69) is 31.9 Å². The van der Waals surface area contributed by atoms with Gasteiger partial charge in [0.15, 0.2) is 0 Å².